The topological polar surface area (TPSA) is 85.7 Å². The normalized spacial score (nSPS) is 10.6. The van der Waals surface area contributed by atoms with Gasteiger partial charge in [0.2, 0.25) is 0 Å². The maximum Gasteiger partial charge on any atom is 0.355 e. The number of ether oxygens (including phenoxy) is 1. The van der Waals surface area contributed by atoms with Crippen molar-refractivity contribution in [2.24, 2.45) is 0 Å². The van der Waals surface area contributed by atoms with Gasteiger partial charge < -0.3 is 9.72 Å². The van der Waals surface area contributed by atoms with Crippen molar-refractivity contribution in [3.63, 3.8) is 0 Å². The van der Waals surface area contributed by atoms with Gasteiger partial charge in [0.15, 0.2) is 12.4 Å². The predicted octanol–water partition coefficient (Wildman–Crippen LogP) is 1.53. The first-order valence-corrected chi connectivity index (χ1v) is 6.26. The van der Waals surface area contributed by atoms with E-state index >= 15 is 0 Å². The predicted molar refractivity (Wildman–Crippen MR) is 65.7 cm³/mol. The fourth-order valence-corrected chi connectivity index (χ4v) is 1.75. The average Bonchev–Trinajstić information content (AvgIpc) is 2.96. The van der Waals surface area contributed by atoms with Crippen LogP contribution in [0.1, 0.15) is 29.7 Å². The van der Waals surface area contributed by atoms with Crippen molar-refractivity contribution in [3.05, 3.63) is 28.3 Å². The van der Waals surface area contributed by atoms with E-state index in [-0.39, 0.29) is 6.61 Å². The van der Waals surface area contributed by atoms with Crippen LogP contribution < -0.4 is 0 Å². The molecule has 0 aliphatic carbocycles. The highest BCUT2D eigenvalue weighted by atomic mass is 79.9. The molecule has 0 aliphatic rings. The van der Waals surface area contributed by atoms with E-state index in [9.17, 15) is 4.79 Å². The highest BCUT2D eigenvalue weighted by molar-refractivity contribution is 9.10. The summed E-state index contributed by atoms with van der Waals surface area (Å²) in [4.78, 5) is 14.5. The van der Waals surface area contributed by atoms with Gasteiger partial charge in [-0.1, -0.05) is 6.92 Å². The lowest BCUT2D eigenvalue weighted by molar-refractivity contribution is 0.0450. The van der Waals surface area contributed by atoms with Crippen molar-refractivity contribution < 1.29 is 9.53 Å². The zero-order valence-corrected chi connectivity index (χ0v) is 11.3. The molecule has 0 saturated heterocycles. The zero-order valence-electron chi connectivity index (χ0n) is 9.76. The molecule has 0 saturated carbocycles. The molecule has 0 atom stereocenters. The Morgan fingerprint density at radius 3 is 3.11 bits per heavy atom. The number of tetrazole rings is 1. The molecule has 1 N–H and O–H groups in total. The molecule has 8 heteroatoms. The van der Waals surface area contributed by atoms with Gasteiger partial charge >= 0.3 is 5.97 Å². The minimum Gasteiger partial charge on any atom is -0.453 e. The molecule has 0 unspecified atom stereocenters. The summed E-state index contributed by atoms with van der Waals surface area (Å²) in [6, 6.07) is 1.65. The summed E-state index contributed by atoms with van der Waals surface area (Å²) in [6.45, 7) is 2.78. The molecule has 2 heterocycles. The van der Waals surface area contributed by atoms with Gasteiger partial charge in [-0.15, -0.1) is 5.10 Å². The summed E-state index contributed by atoms with van der Waals surface area (Å²) in [5, 5.41) is 11.2. The largest absolute Gasteiger partial charge is 0.453 e. The Morgan fingerprint density at radius 1 is 1.61 bits per heavy atom. The Bertz CT molecular complexity index is 536. The van der Waals surface area contributed by atoms with Gasteiger partial charge in [-0.2, -0.15) is 0 Å². The van der Waals surface area contributed by atoms with Gasteiger partial charge in [-0.25, -0.2) is 9.48 Å². The summed E-state index contributed by atoms with van der Waals surface area (Å²) in [7, 11) is 0. The van der Waals surface area contributed by atoms with E-state index in [2.05, 4.69) is 36.4 Å². The Kier molecular flexibility index (Phi) is 4.08. The highest BCUT2D eigenvalue weighted by Crippen LogP contribution is 2.11. The molecule has 0 aliphatic heterocycles. The number of aryl methyl sites for hydroxylation is 1. The van der Waals surface area contributed by atoms with Gasteiger partial charge in [0.25, 0.3) is 0 Å². The van der Waals surface area contributed by atoms with Crippen molar-refractivity contribution >= 4 is 21.9 Å². The number of nitrogens with zero attached hydrogens (tertiary/aromatic N) is 4. The van der Waals surface area contributed by atoms with Crippen LogP contribution in [-0.2, 0) is 17.9 Å². The summed E-state index contributed by atoms with van der Waals surface area (Å²) < 4.78 is 7.54. The summed E-state index contributed by atoms with van der Waals surface area (Å²) >= 11 is 3.25. The molecule has 0 aromatic carbocycles. The molecule has 0 spiro atoms. The molecule has 0 amide bonds. The van der Waals surface area contributed by atoms with E-state index in [1.165, 1.54) is 0 Å². The van der Waals surface area contributed by atoms with Crippen molar-refractivity contribution in [2.75, 3.05) is 0 Å². The number of hydrogen-bond acceptors (Lipinski definition) is 5. The van der Waals surface area contributed by atoms with E-state index in [4.69, 9.17) is 4.74 Å². The van der Waals surface area contributed by atoms with Crippen LogP contribution in [0.3, 0.4) is 0 Å². The lowest BCUT2D eigenvalue weighted by Gasteiger charge is -2.03. The third-order valence-corrected chi connectivity index (χ3v) is 2.70. The number of aromatic amines is 1. The van der Waals surface area contributed by atoms with Gasteiger partial charge in [0.05, 0.1) is 0 Å². The Balaban J connectivity index is 1.95. The van der Waals surface area contributed by atoms with Crippen LogP contribution in [0.15, 0.2) is 16.7 Å². The molecular formula is C10H12BrN5O2. The molecule has 7 nitrogen and oxygen atoms in total. The third kappa shape index (κ3) is 2.95. The second kappa shape index (κ2) is 5.76. The first-order chi connectivity index (χ1) is 8.70. The summed E-state index contributed by atoms with van der Waals surface area (Å²) in [5.74, 6) is 0.0996. The fourth-order valence-electron chi connectivity index (χ4n) is 1.41. The molecular weight excluding hydrogens is 302 g/mol. The number of rotatable bonds is 5. The Hall–Kier alpha value is -1.70. The van der Waals surface area contributed by atoms with Crippen molar-refractivity contribution in [1.29, 1.82) is 0 Å². The number of hydrogen-bond donors (Lipinski definition) is 1. The Morgan fingerprint density at radius 2 is 2.44 bits per heavy atom. The van der Waals surface area contributed by atoms with Gasteiger partial charge in [-0.3, -0.25) is 0 Å². The van der Waals surface area contributed by atoms with E-state index in [1.807, 2.05) is 6.92 Å². The summed E-state index contributed by atoms with van der Waals surface area (Å²) in [5.41, 5.74) is 0.386. The summed E-state index contributed by atoms with van der Waals surface area (Å²) in [6.07, 6.45) is 2.58. The van der Waals surface area contributed by atoms with E-state index in [1.54, 1.807) is 16.9 Å². The first-order valence-electron chi connectivity index (χ1n) is 5.46. The molecule has 2 aromatic heterocycles. The Labute approximate surface area is 112 Å². The van der Waals surface area contributed by atoms with Crippen LogP contribution in [0.2, 0.25) is 0 Å². The molecule has 0 fully saturated rings. The lowest BCUT2D eigenvalue weighted by Crippen LogP contribution is -2.11. The van der Waals surface area contributed by atoms with Crippen molar-refractivity contribution in [3.8, 4) is 0 Å². The first kappa shape index (κ1) is 12.7. The molecule has 96 valence electrons. The number of halogens is 1. The SMILES string of the molecule is CCCn1nnnc1COC(=O)c1cc(Br)c[nH]1. The number of carbonyl (C=O) groups excluding carboxylic acids is 1. The molecule has 0 bridgehead atoms. The van der Waals surface area contributed by atoms with E-state index in [0.29, 0.717) is 18.1 Å². The van der Waals surface area contributed by atoms with Crippen LogP contribution in [0, 0.1) is 0 Å². The fraction of sp³-hybridized carbons (Fsp3) is 0.400. The number of esters is 1. The maximum absolute atomic E-state index is 11.7. The van der Waals surface area contributed by atoms with Crippen LogP contribution in [0.5, 0.6) is 0 Å². The number of nitrogens with one attached hydrogen (secondary N) is 1. The van der Waals surface area contributed by atoms with Crippen LogP contribution in [0.25, 0.3) is 0 Å². The highest BCUT2D eigenvalue weighted by Gasteiger charge is 2.12. The minimum atomic E-state index is -0.438. The quantitative estimate of drug-likeness (QED) is 0.846. The van der Waals surface area contributed by atoms with Gasteiger partial charge in [-0.05, 0) is 38.8 Å². The third-order valence-electron chi connectivity index (χ3n) is 2.24. The van der Waals surface area contributed by atoms with Crippen LogP contribution in [-0.4, -0.2) is 31.2 Å². The van der Waals surface area contributed by atoms with Crippen molar-refractivity contribution in [1.82, 2.24) is 25.2 Å². The monoisotopic (exact) mass is 313 g/mol. The second-order valence-electron chi connectivity index (χ2n) is 3.63. The van der Waals surface area contributed by atoms with Crippen molar-refractivity contribution in [2.45, 2.75) is 26.5 Å². The van der Waals surface area contributed by atoms with Crippen LogP contribution in [0.4, 0.5) is 0 Å². The molecule has 18 heavy (non-hydrogen) atoms. The maximum atomic E-state index is 11.7. The number of carbonyl (C=O) groups is 1. The minimum absolute atomic E-state index is 0.0580. The van der Waals surface area contributed by atoms with Gasteiger partial charge in [0.1, 0.15) is 5.69 Å². The van der Waals surface area contributed by atoms with E-state index in [0.717, 1.165) is 10.9 Å². The number of H-pyrrole nitrogens is 1. The molecule has 2 rings (SSSR count). The lowest BCUT2D eigenvalue weighted by atomic mass is 10.4. The standard InChI is InChI=1S/C10H12BrN5O2/c1-2-3-16-9(13-14-15-16)6-18-10(17)8-4-7(11)5-12-8/h4-5,12H,2-3,6H2,1H3. The zero-order chi connectivity index (χ0) is 13.0. The average molecular weight is 314 g/mol. The van der Waals surface area contributed by atoms with E-state index < -0.39 is 5.97 Å². The smallest absolute Gasteiger partial charge is 0.355 e. The van der Waals surface area contributed by atoms with Gasteiger partial charge in [0, 0.05) is 17.2 Å². The van der Waals surface area contributed by atoms with Crippen LogP contribution >= 0.6 is 15.9 Å². The second-order valence-corrected chi connectivity index (χ2v) is 4.54. The molecule has 2 aromatic rings. The number of aromatic nitrogens is 5. The molecule has 0 radical (unpaired) electrons.